The van der Waals surface area contributed by atoms with E-state index in [1.807, 2.05) is 12.1 Å². The topological polar surface area (TPSA) is 88.7 Å². The maximum absolute atomic E-state index is 11.8. The smallest absolute Gasteiger partial charge is 0.236 e. The van der Waals surface area contributed by atoms with Crippen LogP contribution in [0.15, 0.2) is 114 Å². The Morgan fingerprint density at radius 1 is 1.04 bits per heavy atom. The first-order chi connectivity index (χ1) is 22.1. The highest BCUT2D eigenvalue weighted by Gasteiger charge is 2.32. The van der Waals surface area contributed by atoms with Crippen LogP contribution in [0.1, 0.15) is 44.2 Å². The van der Waals surface area contributed by atoms with Crippen molar-refractivity contribution >= 4 is 30.4 Å². The lowest BCUT2D eigenvalue weighted by atomic mass is 10.1. The van der Waals surface area contributed by atoms with Crippen LogP contribution in [-0.4, -0.2) is 60.5 Å². The molecule has 0 aromatic heterocycles. The maximum atomic E-state index is 11.8. The lowest BCUT2D eigenvalue weighted by Crippen LogP contribution is -2.39. The Hall–Kier alpha value is -5.05. The third kappa shape index (κ3) is 8.56. The summed E-state index contributed by atoms with van der Waals surface area (Å²) in [5, 5.41) is 0. The van der Waals surface area contributed by atoms with E-state index in [0.717, 1.165) is 71.9 Å². The minimum atomic E-state index is -0.434. The highest BCUT2D eigenvalue weighted by molar-refractivity contribution is 5.82. The monoisotopic (exact) mass is 621 g/mol. The van der Waals surface area contributed by atoms with Crippen molar-refractivity contribution in [2.24, 2.45) is 16.6 Å². The Kier molecular flexibility index (Phi) is 11.6. The first kappa shape index (κ1) is 33.8. The Labute approximate surface area is 274 Å². The standard InChI is InChI=1S/C37H47N7O2/c1-28(2)19-22-41(34-12-8-7-11-33(34)39-5)26-44-30(4)43(35-13-9-10-14-36(35)44)24-32-17-15-31(16-18-32)23-42(27-45)29(3)20-21-40(6)25-37(38)46/h9-18,20-21,27-28H,3-5,7-8,19,22-26H2,1-2,6H3,(H2,38,46)/b21-20-. The SMILES string of the molecule is C=NC1=CCCC=C1N(CCC(C)C)CN1C(=C)N(Cc2ccc(CN(C=O)C(=C)/C=C\N(C)CC(N)=O)cc2)c2ccccc21. The predicted molar refractivity (Wildman–Crippen MR) is 188 cm³/mol. The number of allylic oxidation sites excluding steroid dienone is 3. The first-order valence-corrected chi connectivity index (χ1v) is 15.7. The second-order valence-corrected chi connectivity index (χ2v) is 12.2. The zero-order chi connectivity index (χ0) is 33.2. The Bertz CT molecular complexity index is 1520. The summed E-state index contributed by atoms with van der Waals surface area (Å²) >= 11 is 0. The van der Waals surface area contributed by atoms with Crippen LogP contribution in [0.4, 0.5) is 11.4 Å². The quantitative estimate of drug-likeness (QED) is 0.133. The molecule has 0 bridgehead atoms. The van der Waals surface area contributed by atoms with E-state index in [1.165, 1.54) is 4.90 Å². The van der Waals surface area contributed by atoms with Gasteiger partial charge in [-0.15, -0.1) is 0 Å². The number of rotatable bonds is 17. The molecule has 1 heterocycles. The van der Waals surface area contributed by atoms with Crippen LogP contribution in [0.25, 0.3) is 0 Å². The zero-order valence-corrected chi connectivity index (χ0v) is 27.4. The Morgan fingerprint density at radius 2 is 1.70 bits per heavy atom. The second-order valence-electron chi connectivity index (χ2n) is 12.2. The molecular weight excluding hydrogens is 574 g/mol. The second kappa shape index (κ2) is 15.8. The molecule has 0 atom stereocenters. The average molecular weight is 622 g/mol. The molecule has 46 heavy (non-hydrogen) atoms. The Balaban J connectivity index is 1.47. The predicted octanol–water partition coefficient (Wildman–Crippen LogP) is 5.96. The first-order valence-electron chi connectivity index (χ1n) is 15.7. The van der Waals surface area contributed by atoms with E-state index in [0.29, 0.717) is 31.4 Å². The van der Waals surface area contributed by atoms with Gasteiger partial charge in [0.05, 0.1) is 42.5 Å². The van der Waals surface area contributed by atoms with Gasteiger partial charge in [0, 0.05) is 32.0 Å². The van der Waals surface area contributed by atoms with Gasteiger partial charge in [0.1, 0.15) is 5.82 Å². The van der Waals surface area contributed by atoms with E-state index >= 15 is 0 Å². The van der Waals surface area contributed by atoms with Crippen LogP contribution in [0, 0.1) is 5.92 Å². The molecule has 1 aliphatic heterocycles. The number of aliphatic imine (C=N–C) groups is 1. The van der Waals surface area contributed by atoms with Crippen molar-refractivity contribution in [3.8, 4) is 0 Å². The summed E-state index contributed by atoms with van der Waals surface area (Å²) < 4.78 is 0. The van der Waals surface area contributed by atoms with E-state index in [1.54, 1.807) is 24.2 Å². The van der Waals surface area contributed by atoms with Crippen LogP contribution in [-0.2, 0) is 22.7 Å². The van der Waals surface area contributed by atoms with E-state index in [-0.39, 0.29) is 6.54 Å². The van der Waals surface area contributed by atoms with Crippen molar-refractivity contribution in [2.45, 2.75) is 46.2 Å². The van der Waals surface area contributed by atoms with Gasteiger partial charge in [-0.3, -0.25) is 14.6 Å². The zero-order valence-electron chi connectivity index (χ0n) is 27.4. The largest absolute Gasteiger partial charge is 0.371 e. The molecule has 0 fully saturated rings. The molecule has 242 valence electrons. The maximum Gasteiger partial charge on any atom is 0.236 e. The summed E-state index contributed by atoms with van der Waals surface area (Å²) in [6, 6.07) is 16.7. The Morgan fingerprint density at radius 3 is 2.33 bits per heavy atom. The summed E-state index contributed by atoms with van der Waals surface area (Å²) in [5.74, 6) is 1.06. The molecule has 9 heteroatoms. The van der Waals surface area contributed by atoms with Gasteiger partial charge in [0.2, 0.25) is 12.3 Å². The van der Waals surface area contributed by atoms with Gasteiger partial charge in [-0.05, 0) is 61.2 Å². The molecule has 2 aromatic rings. The van der Waals surface area contributed by atoms with Gasteiger partial charge in [-0.2, -0.15) is 0 Å². The summed E-state index contributed by atoms with van der Waals surface area (Å²) in [6.07, 6.45) is 11.6. The van der Waals surface area contributed by atoms with Gasteiger partial charge in [-0.1, -0.05) is 75.6 Å². The van der Waals surface area contributed by atoms with Crippen molar-refractivity contribution in [3.63, 3.8) is 0 Å². The number of benzene rings is 2. The summed E-state index contributed by atoms with van der Waals surface area (Å²) in [4.78, 5) is 37.4. The number of amides is 2. The number of anilines is 2. The normalized spacial score (nSPS) is 14.2. The van der Waals surface area contributed by atoms with Gasteiger partial charge >= 0.3 is 0 Å². The molecule has 2 aliphatic rings. The fourth-order valence-corrected chi connectivity index (χ4v) is 5.56. The fourth-order valence-electron chi connectivity index (χ4n) is 5.56. The minimum absolute atomic E-state index is 0.0809. The number of nitrogens with zero attached hydrogens (tertiary/aromatic N) is 6. The van der Waals surface area contributed by atoms with Crippen LogP contribution in [0.5, 0.6) is 0 Å². The number of nitrogens with two attached hydrogens (primary N) is 1. The van der Waals surface area contributed by atoms with E-state index in [4.69, 9.17) is 5.73 Å². The van der Waals surface area contributed by atoms with Gasteiger partial charge in [0.25, 0.3) is 0 Å². The van der Waals surface area contributed by atoms with Crippen LogP contribution in [0.2, 0.25) is 0 Å². The average Bonchev–Trinajstić information content (AvgIpc) is 3.30. The molecule has 0 saturated carbocycles. The molecule has 2 N–H and O–H groups in total. The molecule has 1 aliphatic carbocycles. The van der Waals surface area contributed by atoms with E-state index < -0.39 is 5.91 Å². The third-order valence-electron chi connectivity index (χ3n) is 8.13. The molecular formula is C37H47N7O2. The van der Waals surface area contributed by atoms with Crippen molar-refractivity contribution in [3.05, 3.63) is 120 Å². The van der Waals surface area contributed by atoms with Crippen LogP contribution >= 0.6 is 0 Å². The molecule has 2 aromatic carbocycles. The number of hydrogen-bond donors (Lipinski definition) is 1. The van der Waals surface area contributed by atoms with Crippen molar-refractivity contribution in [1.29, 1.82) is 0 Å². The summed E-state index contributed by atoms with van der Waals surface area (Å²) in [6.45, 7) is 19.6. The fraction of sp³-hybridized carbons (Fsp3) is 0.324. The number of para-hydroxylation sites is 2. The summed E-state index contributed by atoms with van der Waals surface area (Å²) in [5.41, 5.74) is 12.2. The van der Waals surface area contributed by atoms with E-state index in [9.17, 15) is 9.59 Å². The van der Waals surface area contributed by atoms with Crippen molar-refractivity contribution < 1.29 is 9.59 Å². The lowest BCUT2D eigenvalue weighted by molar-refractivity contribution is -0.118. The number of hydrogen-bond acceptors (Lipinski definition) is 7. The number of carbonyl (C=O) groups excluding carboxylic acids is 2. The number of likely N-dealkylation sites (N-methyl/N-ethyl adjacent to an activating group) is 1. The molecule has 0 radical (unpaired) electrons. The lowest BCUT2D eigenvalue weighted by Gasteiger charge is -2.35. The van der Waals surface area contributed by atoms with Gasteiger partial charge in [-0.25, -0.2) is 0 Å². The van der Waals surface area contributed by atoms with Crippen molar-refractivity contribution in [2.75, 3.05) is 36.6 Å². The van der Waals surface area contributed by atoms with Crippen LogP contribution in [0.3, 0.4) is 0 Å². The third-order valence-corrected chi connectivity index (χ3v) is 8.13. The van der Waals surface area contributed by atoms with E-state index in [2.05, 4.69) is 102 Å². The molecule has 0 saturated heterocycles. The molecule has 0 spiro atoms. The highest BCUT2D eigenvalue weighted by Crippen LogP contribution is 2.42. The minimum Gasteiger partial charge on any atom is -0.371 e. The van der Waals surface area contributed by atoms with Crippen LogP contribution < -0.4 is 15.5 Å². The number of primary amides is 1. The number of fused-ring (bicyclic) bond motifs is 1. The van der Waals surface area contributed by atoms with Gasteiger partial charge < -0.3 is 30.2 Å². The molecule has 9 nitrogen and oxygen atoms in total. The summed E-state index contributed by atoms with van der Waals surface area (Å²) in [7, 11) is 1.73. The molecule has 2 amide bonds. The highest BCUT2D eigenvalue weighted by atomic mass is 16.1. The molecule has 0 unspecified atom stereocenters. The number of carbonyl (C=O) groups is 2. The molecule has 4 rings (SSSR count). The van der Waals surface area contributed by atoms with Crippen molar-refractivity contribution in [1.82, 2.24) is 14.7 Å². The van der Waals surface area contributed by atoms with Gasteiger partial charge in [0.15, 0.2) is 0 Å².